The van der Waals surface area contributed by atoms with E-state index in [-0.39, 0.29) is 12.5 Å². The fourth-order valence-corrected chi connectivity index (χ4v) is 2.52. The van der Waals surface area contributed by atoms with Crippen LogP contribution in [-0.2, 0) is 19.0 Å². The van der Waals surface area contributed by atoms with Crippen molar-refractivity contribution in [3.8, 4) is 0 Å². The Kier molecular flexibility index (Phi) is 4.01. The maximum atomic E-state index is 10.5. The molecule has 2 saturated heterocycles. The van der Waals surface area contributed by atoms with Crippen molar-refractivity contribution < 1.29 is 24.1 Å². The van der Waals surface area contributed by atoms with E-state index >= 15 is 0 Å². The first kappa shape index (κ1) is 12.8. The molecular weight excluding hydrogens is 224 g/mol. The predicted octanol–water partition coefficient (Wildman–Crippen LogP) is 1.41. The molecule has 2 unspecified atom stereocenters. The number of carboxylic acid groups (broad SMARTS) is 1. The Morgan fingerprint density at radius 3 is 2.76 bits per heavy atom. The molecule has 0 aromatic carbocycles. The highest BCUT2D eigenvalue weighted by molar-refractivity contribution is 5.66. The second-order valence-electron chi connectivity index (χ2n) is 4.89. The van der Waals surface area contributed by atoms with E-state index in [1.54, 1.807) is 0 Å². The van der Waals surface area contributed by atoms with Crippen LogP contribution in [0, 0.1) is 5.92 Å². The van der Waals surface area contributed by atoms with Crippen molar-refractivity contribution in [1.29, 1.82) is 0 Å². The van der Waals surface area contributed by atoms with Gasteiger partial charge in [0.25, 0.3) is 0 Å². The molecule has 0 saturated carbocycles. The third-order valence-electron chi connectivity index (χ3n) is 3.60. The van der Waals surface area contributed by atoms with Gasteiger partial charge in [0.05, 0.1) is 12.7 Å². The van der Waals surface area contributed by atoms with Crippen LogP contribution in [0.5, 0.6) is 0 Å². The minimum Gasteiger partial charge on any atom is -0.481 e. The lowest BCUT2D eigenvalue weighted by Crippen LogP contribution is -2.39. The first-order valence-electron chi connectivity index (χ1n) is 6.21. The average Bonchev–Trinajstić information content (AvgIpc) is 2.71. The minimum absolute atomic E-state index is 0.0843. The molecule has 98 valence electrons. The summed E-state index contributed by atoms with van der Waals surface area (Å²) in [6.07, 6.45) is 2.47. The van der Waals surface area contributed by atoms with Crippen LogP contribution in [0.2, 0.25) is 0 Å². The monoisotopic (exact) mass is 244 g/mol. The van der Waals surface area contributed by atoms with Gasteiger partial charge in [-0.2, -0.15) is 0 Å². The van der Waals surface area contributed by atoms with E-state index in [9.17, 15) is 4.79 Å². The minimum atomic E-state index is -0.784. The zero-order valence-electron chi connectivity index (χ0n) is 10.2. The SMILES string of the molecule is CC1(C2CCOCC2)OCC(CCC(=O)O)O1. The van der Waals surface area contributed by atoms with Crippen molar-refractivity contribution >= 4 is 5.97 Å². The lowest BCUT2D eigenvalue weighted by Gasteiger charge is -2.35. The van der Waals surface area contributed by atoms with Gasteiger partial charge in [0.15, 0.2) is 5.79 Å². The van der Waals surface area contributed by atoms with Crippen molar-refractivity contribution in [2.24, 2.45) is 5.92 Å². The van der Waals surface area contributed by atoms with Crippen molar-refractivity contribution in [3.63, 3.8) is 0 Å². The van der Waals surface area contributed by atoms with Gasteiger partial charge in [0.1, 0.15) is 0 Å². The van der Waals surface area contributed by atoms with Gasteiger partial charge in [0.2, 0.25) is 0 Å². The van der Waals surface area contributed by atoms with E-state index < -0.39 is 11.8 Å². The zero-order chi connectivity index (χ0) is 12.3. The van der Waals surface area contributed by atoms with Gasteiger partial charge < -0.3 is 19.3 Å². The predicted molar refractivity (Wildman–Crippen MR) is 59.6 cm³/mol. The molecule has 0 aromatic heterocycles. The maximum absolute atomic E-state index is 10.5. The third-order valence-corrected chi connectivity index (χ3v) is 3.60. The molecule has 5 nitrogen and oxygen atoms in total. The zero-order valence-corrected chi connectivity index (χ0v) is 10.2. The number of rotatable bonds is 4. The Hall–Kier alpha value is -0.650. The van der Waals surface area contributed by atoms with Crippen LogP contribution in [0.25, 0.3) is 0 Å². The number of carboxylic acids is 1. The summed E-state index contributed by atoms with van der Waals surface area (Å²) in [5.41, 5.74) is 0. The largest absolute Gasteiger partial charge is 0.481 e. The summed E-state index contributed by atoms with van der Waals surface area (Å²) in [6.45, 7) is 3.98. The molecule has 2 atom stereocenters. The Labute approximate surface area is 101 Å². The Bertz CT molecular complexity index is 274. The lowest BCUT2D eigenvalue weighted by atomic mass is 9.92. The van der Waals surface area contributed by atoms with E-state index in [4.69, 9.17) is 19.3 Å². The molecule has 1 N–H and O–H groups in total. The van der Waals surface area contributed by atoms with Crippen LogP contribution in [0.1, 0.15) is 32.6 Å². The average molecular weight is 244 g/mol. The normalized spacial score (nSPS) is 35.0. The summed E-state index contributed by atoms with van der Waals surface area (Å²) < 4.78 is 17.0. The third kappa shape index (κ3) is 3.18. The molecular formula is C12H20O5. The molecule has 0 spiro atoms. The lowest BCUT2D eigenvalue weighted by molar-refractivity contribution is -0.206. The van der Waals surface area contributed by atoms with Crippen LogP contribution in [0.15, 0.2) is 0 Å². The summed E-state index contributed by atoms with van der Waals surface area (Å²) in [6, 6.07) is 0. The van der Waals surface area contributed by atoms with E-state index in [2.05, 4.69) is 0 Å². The van der Waals surface area contributed by atoms with Crippen LogP contribution in [0.3, 0.4) is 0 Å². The van der Waals surface area contributed by atoms with Crippen molar-refractivity contribution in [2.45, 2.75) is 44.5 Å². The fraction of sp³-hybridized carbons (Fsp3) is 0.917. The summed E-state index contributed by atoms with van der Waals surface area (Å²) in [7, 11) is 0. The van der Waals surface area contributed by atoms with Gasteiger partial charge >= 0.3 is 5.97 Å². The second-order valence-corrected chi connectivity index (χ2v) is 4.89. The molecule has 2 aliphatic heterocycles. The fourth-order valence-electron chi connectivity index (χ4n) is 2.52. The van der Waals surface area contributed by atoms with Crippen molar-refractivity contribution in [3.05, 3.63) is 0 Å². The molecule has 5 heteroatoms. The number of aliphatic carboxylic acids is 1. The van der Waals surface area contributed by atoms with Gasteiger partial charge in [0, 0.05) is 25.6 Å². The highest BCUT2D eigenvalue weighted by Crippen LogP contribution is 2.37. The Morgan fingerprint density at radius 1 is 1.41 bits per heavy atom. The highest BCUT2D eigenvalue weighted by atomic mass is 16.7. The summed E-state index contributed by atoms with van der Waals surface area (Å²) >= 11 is 0. The van der Waals surface area contributed by atoms with Crippen LogP contribution in [0.4, 0.5) is 0 Å². The molecule has 0 amide bonds. The van der Waals surface area contributed by atoms with E-state index in [0.717, 1.165) is 26.1 Å². The maximum Gasteiger partial charge on any atom is 0.303 e. The first-order valence-corrected chi connectivity index (χ1v) is 6.21. The van der Waals surface area contributed by atoms with Gasteiger partial charge in [-0.1, -0.05) is 0 Å². The highest BCUT2D eigenvalue weighted by Gasteiger charge is 2.44. The van der Waals surface area contributed by atoms with E-state index in [1.165, 1.54) is 0 Å². The van der Waals surface area contributed by atoms with Crippen LogP contribution in [-0.4, -0.2) is 42.8 Å². The van der Waals surface area contributed by atoms with Crippen LogP contribution >= 0.6 is 0 Å². The number of ether oxygens (including phenoxy) is 3. The molecule has 0 aliphatic carbocycles. The molecule has 2 rings (SSSR count). The van der Waals surface area contributed by atoms with Gasteiger partial charge in [-0.25, -0.2) is 0 Å². The van der Waals surface area contributed by atoms with Crippen molar-refractivity contribution in [1.82, 2.24) is 0 Å². The summed E-state index contributed by atoms with van der Waals surface area (Å²) in [5, 5.41) is 8.64. The molecule has 2 aliphatic rings. The number of carbonyl (C=O) groups is 1. The van der Waals surface area contributed by atoms with E-state index in [0.29, 0.717) is 18.9 Å². The molecule has 17 heavy (non-hydrogen) atoms. The molecule has 0 bridgehead atoms. The van der Waals surface area contributed by atoms with E-state index in [1.807, 2.05) is 6.92 Å². The standard InChI is InChI=1S/C12H20O5/c1-12(9-4-6-15-7-5-9)16-8-10(17-12)2-3-11(13)14/h9-10H,2-8H2,1H3,(H,13,14). The van der Waals surface area contributed by atoms with Gasteiger partial charge in [-0.3, -0.25) is 4.79 Å². The Morgan fingerprint density at radius 2 is 2.12 bits per heavy atom. The second kappa shape index (κ2) is 5.33. The number of hydrogen-bond acceptors (Lipinski definition) is 4. The quantitative estimate of drug-likeness (QED) is 0.810. The molecule has 0 radical (unpaired) electrons. The Balaban J connectivity index is 1.84. The van der Waals surface area contributed by atoms with Crippen LogP contribution < -0.4 is 0 Å². The van der Waals surface area contributed by atoms with Gasteiger partial charge in [-0.05, 0) is 26.2 Å². The molecule has 0 aromatic rings. The summed E-state index contributed by atoms with van der Waals surface area (Å²) in [4.78, 5) is 10.5. The smallest absolute Gasteiger partial charge is 0.303 e. The number of hydrogen-bond donors (Lipinski definition) is 1. The molecule has 2 fully saturated rings. The topological polar surface area (TPSA) is 65.0 Å². The first-order chi connectivity index (χ1) is 8.10. The molecule has 2 heterocycles. The summed E-state index contributed by atoms with van der Waals surface area (Å²) in [5.74, 6) is -0.980. The van der Waals surface area contributed by atoms with Gasteiger partial charge in [-0.15, -0.1) is 0 Å². The van der Waals surface area contributed by atoms with Crippen molar-refractivity contribution in [2.75, 3.05) is 19.8 Å².